The maximum Gasteiger partial charge on any atom is 0.308 e. The lowest BCUT2D eigenvalue weighted by Crippen LogP contribution is -2.49. The molecule has 5 nitrogen and oxygen atoms in total. The van der Waals surface area contributed by atoms with Crippen LogP contribution in [0.5, 0.6) is 0 Å². The number of carboxylic acids is 1. The number of rotatable bonds is 7. The van der Waals surface area contributed by atoms with Crippen LogP contribution >= 0.6 is 35.0 Å². The van der Waals surface area contributed by atoms with E-state index in [1.165, 1.54) is 16.1 Å². The van der Waals surface area contributed by atoms with E-state index < -0.39 is 28.0 Å². The first-order chi connectivity index (χ1) is 16.6. The van der Waals surface area contributed by atoms with Gasteiger partial charge in [0.05, 0.1) is 16.9 Å². The molecular formula is C26H25Cl2NO4S2. The maximum atomic E-state index is 13.7. The van der Waals surface area contributed by atoms with Crippen molar-refractivity contribution in [3.05, 3.63) is 99.5 Å². The lowest BCUT2D eigenvalue weighted by atomic mass is 9.90. The Morgan fingerprint density at radius 1 is 0.971 bits per heavy atom. The minimum absolute atomic E-state index is 0.114. The Bertz CT molecular complexity index is 1280. The molecular weight excluding hydrogens is 525 g/mol. The van der Waals surface area contributed by atoms with E-state index in [1.807, 2.05) is 31.2 Å². The molecule has 3 aromatic rings. The highest BCUT2D eigenvalue weighted by Gasteiger charge is 2.45. The summed E-state index contributed by atoms with van der Waals surface area (Å²) in [6.45, 7) is 1.77. The molecule has 3 aromatic carbocycles. The minimum Gasteiger partial charge on any atom is -0.481 e. The Labute approximate surface area is 220 Å². The molecule has 3 atom stereocenters. The number of benzene rings is 3. The van der Waals surface area contributed by atoms with Gasteiger partial charge in [0.25, 0.3) is 0 Å². The molecule has 0 unspecified atom stereocenters. The van der Waals surface area contributed by atoms with E-state index in [9.17, 15) is 18.3 Å². The second kappa shape index (κ2) is 10.9. The molecule has 0 bridgehead atoms. The summed E-state index contributed by atoms with van der Waals surface area (Å²) < 4.78 is 28.8. The molecule has 0 spiro atoms. The number of thioether (sulfide) groups is 1. The largest absolute Gasteiger partial charge is 0.481 e. The molecule has 0 aliphatic carbocycles. The van der Waals surface area contributed by atoms with Crippen molar-refractivity contribution in [1.29, 1.82) is 0 Å². The van der Waals surface area contributed by atoms with Gasteiger partial charge in [-0.3, -0.25) is 4.79 Å². The summed E-state index contributed by atoms with van der Waals surface area (Å²) >= 11 is 13.6. The molecule has 0 amide bonds. The number of halogens is 2. The average molecular weight is 551 g/mol. The molecule has 0 saturated carbocycles. The van der Waals surface area contributed by atoms with Crippen LogP contribution in [-0.4, -0.2) is 35.6 Å². The second-order valence-electron chi connectivity index (χ2n) is 8.61. The van der Waals surface area contributed by atoms with Crippen molar-refractivity contribution < 1.29 is 18.3 Å². The predicted octanol–water partition coefficient (Wildman–Crippen LogP) is 6.44. The number of hydrogen-bond acceptors (Lipinski definition) is 4. The highest BCUT2D eigenvalue weighted by atomic mass is 35.5. The Morgan fingerprint density at radius 3 is 2.11 bits per heavy atom. The van der Waals surface area contributed by atoms with Crippen LogP contribution in [0.3, 0.4) is 0 Å². The van der Waals surface area contributed by atoms with Gasteiger partial charge in [0.1, 0.15) is 0 Å². The van der Waals surface area contributed by atoms with E-state index in [2.05, 4.69) is 0 Å². The van der Waals surface area contributed by atoms with Crippen LogP contribution in [0.2, 0.25) is 10.0 Å². The molecule has 35 heavy (non-hydrogen) atoms. The first-order valence-electron chi connectivity index (χ1n) is 11.1. The Hall–Kier alpha value is -2.03. The first kappa shape index (κ1) is 26.0. The van der Waals surface area contributed by atoms with Gasteiger partial charge >= 0.3 is 5.97 Å². The lowest BCUT2D eigenvalue weighted by molar-refractivity contribution is -0.143. The van der Waals surface area contributed by atoms with Crippen molar-refractivity contribution in [2.45, 2.75) is 35.3 Å². The molecule has 1 aliphatic heterocycles. The zero-order chi connectivity index (χ0) is 25.2. The number of sulfonamides is 1. The van der Waals surface area contributed by atoms with Crippen LogP contribution in [-0.2, 0) is 20.6 Å². The quantitative estimate of drug-likeness (QED) is 0.367. The van der Waals surface area contributed by atoms with Gasteiger partial charge < -0.3 is 5.11 Å². The van der Waals surface area contributed by atoms with Gasteiger partial charge in [-0.05, 0) is 60.9 Å². The van der Waals surface area contributed by atoms with Gasteiger partial charge in [-0.15, -0.1) is 0 Å². The van der Waals surface area contributed by atoms with Crippen molar-refractivity contribution >= 4 is 51.0 Å². The molecule has 184 valence electrons. The van der Waals surface area contributed by atoms with Crippen LogP contribution in [0.1, 0.15) is 29.2 Å². The van der Waals surface area contributed by atoms with Gasteiger partial charge in [0.2, 0.25) is 10.0 Å². The highest BCUT2D eigenvalue weighted by Crippen LogP contribution is 2.43. The summed E-state index contributed by atoms with van der Waals surface area (Å²) in [5.74, 6) is -1.25. The number of aliphatic carboxylic acids is 1. The fourth-order valence-corrected chi connectivity index (χ4v) is 7.50. The third-order valence-corrected chi connectivity index (χ3v) is 10.0. The van der Waals surface area contributed by atoms with Crippen molar-refractivity contribution in [3.8, 4) is 0 Å². The molecule has 0 radical (unpaired) electrons. The molecule has 0 aromatic heterocycles. The Balaban J connectivity index is 1.68. The van der Waals surface area contributed by atoms with Crippen molar-refractivity contribution in [2.24, 2.45) is 5.92 Å². The zero-order valence-corrected chi connectivity index (χ0v) is 22.1. The van der Waals surface area contributed by atoms with E-state index in [0.29, 0.717) is 22.2 Å². The summed E-state index contributed by atoms with van der Waals surface area (Å²) in [6.07, 6.45) is 0.363. The summed E-state index contributed by atoms with van der Waals surface area (Å²) in [4.78, 5) is 12.4. The van der Waals surface area contributed by atoms with Crippen molar-refractivity contribution in [1.82, 2.24) is 4.31 Å². The van der Waals surface area contributed by atoms with Gasteiger partial charge in [0.15, 0.2) is 0 Å². The molecule has 1 aliphatic rings. The molecule has 1 saturated heterocycles. The molecule has 9 heteroatoms. The number of piperidine rings is 1. The van der Waals surface area contributed by atoms with E-state index in [1.54, 1.807) is 48.5 Å². The standard InChI is InChI=1S/C26H25Cl2NO4S2/c1-17-2-12-22(13-3-17)35(32,33)29-15-23(26(30)31)25(34-16-18-4-8-20(27)9-5-18)14-24(29)19-6-10-21(28)11-7-19/h2-13,23-25H,14-16H2,1H3,(H,30,31)/t23-,24+,25-/m1/s1. The molecule has 4 rings (SSSR count). The number of carboxylic acid groups (broad SMARTS) is 1. The molecule has 1 heterocycles. The normalized spacial score (nSPS) is 21.1. The second-order valence-corrected chi connectivity index (χ2v) is 12.6. The number of aryl methyl sites for hydroxylation is 1. The summed E-state index contributed by atoms with van der Waals surface area (Å²) in [7, 11) is -3.93. The van der Waals surface area contributed by atoms with Crippen LogP contribution < -0.4 is 0 Å². The smallest absolute Gasteiger partial charge is 0.308 e. The van der Waals surface area contributed by atoms with Gasteiger partial charge in [0, 0.05) is 27.6 Å². The summed E-state index contributed by atoms with van der Waals surface area (Å²) in [5, 5.41) is 11.0. The lowest BCUT2D eigenvalue weighted by Gasteiger charge is -2.41. The third-order valence-electron chi connectivity index (χ3n) is 6.21. The van der Waals surface area contributed by atoms with E-state index in [4.69, 9.17) is 23.2 Å². The maximum absolute atomic E-state index is 13.7. The molecule has 1 N–H and O–H groups in total. The monoisotopic (exact) mass is 549 g/mol. The van der Waals surface area contributed by atoms with Crippen molar-refractivity contribution in [2.75, 3.05) is 6.54 Å². The van der Waals surface area contributed by atoms with Gasteiger partial charge in [-0.2, -0.15) is 16.1 Å². The van der Waals surface area contributed by atoms with Crippen LogP contribution in [0.4, 0.5) is 0 Å². The minimum atomic E-state index is -3.93. The fraction of sp³-hybridized carbons (Fsp3) is 0.269. The van der Waals surface area contributed by atoms with Crippen LogP contribution in [0, 0.1) is 12.8 Å². The number of nitrogens with zero attached hydrogens (tertiary/aromatic N) is 1. The SMILES string of the molecule is Cc1ccc(S(=O)(=O)N2C[C@@H](C(=O)O)[C@H](SCc3ccc(Cl)cc3)C[C@H]2c2ccc(Cl)cc2)cc1. The van der Waals surface area contributed by atoms with E-state index in [0.717, 1.165) is 16.7 Å². The van der Waals surface area contributed by atoms with Gasteiger partial charge in [-0.25, -0.2) is 8.42 Å². The van der Waals surface area contributed by atoms with Crippen LogP contribution in [0.25, 0.3) is 0 Å². The summed E-state index contributed by atoms with van der Waals surface area (Å²) in [5.41, 5.74) is 2.76. The number of carbonyl (C=O) groups is 1. The third kappa shape index (κ3) is 6.04. The predicted molar refractivity (Wildman–Crippen MR) is 142 cm³/mol. The topological polar surface area (TPSA) is 74.7 Å². The Morgan fingerprint density at radius 2 is 1.54 bits per heavy atom. The fourth-order valence-electron chi connectivity index (χ4n) is 4.24. The van der Waals surface area contributed by atoms with Crippen molar-refractivity contribution in [3.63, 3.8) is 0 Å². The first-order valence-corrected chi connectivity index (χ1v) is 14.3. The van der Waals surface area contributed by atoms with Gasteiger partial charge in [-0.1, -0.05) is 65.2 Å². The van der Waals surface area contributed by atoms with Crippen LogP contribution in [0.15, 0.2) is 77.7 Å². The Kier molecular flexibility index (Phi) is 8.13. The van der Waals surface area contributed by atoms with E-state index >= 15 is 0 Å². The zero-order valence-electron chi connectivity index (χ0n) is 19.0. The average Bonchev–Trinajstić information content (AvgIpc) is 2.84. The highest BCUT2D eigenvalue weighted by molar-refractivity contribution is 7.99. The summed E-state index contributed by atoms with van der Waals surface area (Å²) in [6, 6.07) is 20.6. The number of hydrogen-bond donors (Lipinski definition) is 1. The van der Waals surface area contributed by atoms with E-state index in [-0.39, 0.29) is 16.7 Å². The molecule has 1 fully saturated rings.